The molecular weight excluding hydrogens is 524 g/mol. The van der Waals surface area contributed by atoms with Crippen molar-refractivity contribution in [3.8, 4) is 0 Å². The zero-order valence-electron chi connectivity index (χ0n) is 26.5. The van der Waals surface area contributed by atoms with Crippen molar-refractivity contribution in [3.63, 3.8) is 0 Å². The number of nitrogens with zero attached hydrogens (tertiary/aromatic N) is 2. The molecule has 2 bridgehead atoms. The van der Waals surface area contributed by atoms with E-state index < -0.39 is 0 Å². The minimum atomic E-state index is -0.348. The highest BCUT2D eigenvalue weighted by Crippen LogP contribution is 2.73. The molecule has 6 rings (SSSR count). The molecule has 1 heterocycles. The van der Waals surface area contributed by atoms with Crippen molar-refractivity contribution in [2.24, 2.45) is 38.7 Å². The summed E-state index contributed by atoms with van der Waals surface area (Å²) in [5.41, 5.74) is 4.09. The van der Waals surface area contributed by atoms with E-state index in [1.807, 2.05) is 6.92 Å². The molecule has 0 radical (unpaired) electrons. The van der Waals surface area contributed by atoms with Crippen molar-refractivity contribution in [2.45, 2.75) is 92.0 Å². The summed E-state index contributed by atoms with van der Waals surface area (Å²) in [5, 5.41) is 4.82. The number of esters is 1. The largest absolute Gasteiger partial charge is 0.466 e. The maximum absolute atomic E-state index is 13.2. The van der Waals surface area contributed by atoms with Gasteiger partial charge in [0, 0.05) is 25.0 Å². The maximum Gasteiger partial charge on any atom is 0.312 e. The van der Waals surface area contributed by atoms with Gasteiger partial charge in [-0.1, -0.05) is 55.8 Å². The summed E-state index contributed by atoms with van der Waals surface area (Å²) in [6, 6.07) is 8.83. The Labute approximate surface area is 253 Å². The van der Waals surface area contributed by atoms with Crippen LogP contribution in [0, 0.1) is 33.5 Å². The Kier molecular flexibility index (Phi) is 8.34. The topological polar surface area (TPSA) is 60.4 Å². The lowest BCUT2D eigenvalue weighted by Gasteiger charge is -2.64. The summed E-state index contributed by atoms with van der Waals surface area (Å²) in [4.78, 5) is 21.6. The average Bonchev–Trinajstić information content (AvgIpc) is 3.18. The zero-order chi connectivity index (χ0) is 29.4. The molecule has 6 heteroatoms. The molecular formula is C36H52N2O4. The van der Waals surface area contributed by atoms with Crippen LogP contribution in [-0.2, 0) is 25.7 Å². The molecule has 5 fully saturated rings. The Bertz CT molecular complexity index is 1190. The van der Waals surface area contributed by atoms with Gasteiger partial charge in [0.2, 0.25) is 0 Å². The van der Waals surface area contributed by atoms with E-state index in [0.29, 0.717) is 30.5 Å². The van der Waals surface area contributed by atoms with Gasteiger partial charge in [-0.05, 0) is 105 Å². The van der Waals surface area contributed by atoms with E-state index in [9.17, 15) is 4.79 Å². The number of fused-ring (bicyclic) bond motifs is 3. The third kappa shape index (κ3) is 5.36. The van der Waals surface area contributed by atoms with Crippen LogP contribution in [-0.4, -0.2) is 56.1 Å². The molecule has 1 saturated heterocycles. The van der Waals surface area contributed by atoms with E-state index in [2.05, 4.69) is 62.1 Å². The molecule has 4 saturated carbocycles. The number of ether oxygens (including phenoxy) is 2. The van der Waals surface area contributed by atoms with Gasteiger partial charge in [0.05, 0.1) is 30.9 Å². The number of hydrogen-bond acceptors (Lipinski definition) is 6. The first-order valence-electron chi connectivity index (χ1n) is 16.6. The molecule has 1 aromatic rings. The van der Waals surface area contributed by atoms with Crippen LogP contribution in [0.3, 0.4) is 0 Å². The van der Waals surface area contributed by atoms with Crippen LogP contribution in [0.4, 0.5) is 0 Å². The minimum Gasteiger partial charge on any atom is -0.466 e. The van der Waals surface area contributed by atoms with Crippen molar-refractivity contribution < 1.29 is 19.1 Å². The lowest BCUT2D eigenvalue weighted by Crippen LogP contribution is -2.58. The molecule has 1 aliphatic heterocycles. The third-order valence-corrected chi connectivity index (χ3v) is 12.3. The first-order chi connectivity index (χ1) is 20.2. The smallest absolute Gasteiger partial charge is 0.312 e. The second kappa shape index (κ2) is 11.7. The molecule has 1 spiro atoms. The maximum atomic E-state index is 13.2. The summed E-state index contributed by atoms with van der Waals surface area (Å²) in [7, 11) is 0. The quantitative estimate of drug-likeness (QED) is 0.185. The van der Waals surface area contributed by atoms with Gasteiger partial charge >= 0.3 is 5.97 Å². The number of benzene rings is 1. The van der Waals surface area contributed by atoms with E-state index in [4.69, 9.17) is 19.5 Å². The Hall–Kier alpha value is -2.18. The van der Waals surface area contributed by atoms with Gasteiger partial charge in [0.25, 0.3) is 0 Å². The number of oxime groups is 1. The van der Waals surface area contributed by atoms with Gasteiger partial charge in [-0.2, -0.15) is 0 Å². The first-order valence-corrected chi connectivity index (χ1v) is 16.6. The number of hydrogen-bond donors (Lipinski definition) is 0. The van der Waals surface area contributed by atoms with E-state index in [1.54, 1.807) is 0 Å². The molecule has 0 amide bonds. The number of carbonyl (C=O) groups excluding carboxylic acids is 1. The van der Waals surface area contributed by atoms with Gasteiger partial charge in [0.1, 0.15) is 6.61 Å². The molecule has 6 atom stereocenters. The highest BCUT2D eigenvalue weighted by molar-refractivity contribution is 5.93. The standard InChI is InChI=1S/C36H52N2O4/c1-5-41-32(39)35(4)16-7-15-34(3)29(35)14-18-36-24-31(33(2,26-36)17-13-30(34)36)37-42-21-6-8-27-9-11-28(12-10-27)25-38-19-22-40-23-20-38/h6,8-12,29-30H,5,7,13-26H2,1-4H3/b8-6+,37-31+/t29-,30-,33-,34+,35+,36-/m0/s1. The first kappa shape index (κ1) is 29.9. The molecule has 1 aromatic carbocycles. The second-order valence-corrected chi connectivity index (χ2v) is 14.8. The van der Waals surface area contributed by atoms with Gasteiger partial charge in [-0.3, -0.25) is 9.69 Å². The SMILES string of the molecule is CCOC(=O)[C@]1(C)CCC[C@@]2(C)[C@@H]3CC[C@@]4(C)C[C@]3(CC[C@@H]21)C/C4=N\OC/C=C/c1ccc(CN2CCOCC2)cc1. The summed E-state index contributed by atoms with van der Waals surface area (Å²) in [6.45, 7) is 14.7. The van der Waals surface area contributed by atoms with Crippen LogP contribution in [0.2, 0.25) is 0 Å². The molecule has 0 N–H and O–H groups in total. The number of rotatable bonds is 8. The molecule has 4 aliphatic carbocycles. The molecule has 0 unspecified atom stereocenters. The summed E-state index contributed by atoms with van der Waals surface area (Å²) in [5.74, 6) is 1.09. The van der Waals surface area contributed by atoms with Gasteiger partial charge in [-0.15, -0.1) is 0 Å². The monoisotopic (exact) mass is 576 g/mol. The van der Waals surface area contributed by atoms with Crippen molar-refractivity contribution in [1.82, 2.24) is 4.90 Å². The van der Waals surface area contributed by atoms with Gasteiger partial charge in [0.15, 0.2) is 0 Å². The molecule has 230 valence electrons. The lowest BCUT2D eigenvalue weighted by atomic mass is 9.40. The zero-order valence-corrected chi connectivity index (χ0v) is 26.5. The number of carbonyl (C=O) groups is 1. The fourth-order valence-electron chi connectivity index (χ4n) is 10.3. The highest BCUT2D eigenvalue weighted by atomic mass is 16.6. The summed E-state index contributed by atoms with van der Waals surface area (Å²) in [6.07, 6.45) is 14.6. The van der Waals surface area contributed by atoms with Crippen LogP contribution in [0.15, 0.2) is 35.5 Å². The molecule has 0 aromatic heterocycles. The fraction of sp³-hybridized carbons (Fsp3) is 0.722. The predicted octanol–water partition coefficient (Wildman–Crippen LogP) is 7.27. The Morgan fingerprint density at radius 3 is 2.57 bits per heavy atom. The molecule has 42 heavy (non-hydrogen) atoms. The molecule has 5 aliphatic rings. The van der Waals surface area contributed by atoms with Gasteiger partial charge in [-0.25, -0.2) is 0 Å². The highest BCUT2D eigenvalue weighted by Gasteiger charge is 2.67. The van der Waals surface area contributed by atoms with Crippen molar-refractivity contribution in [2.75, 3.05) is 39.5 Å². The minimum absolute atomic E-state index is 0.0385. The fourth-order valence-corrected chi connectivity index (χ4v) is 10.3. The Morgan fingerprint density at radius 1 is 1.05 bits per heavy atom. The van der Waals surface area contributed by atoms with E-state index in [1.165, 1.54) is 48.9 Å². The van der Waals surface area contributed by atoms with E-state index in [-0.39, 0.29) is 22.2 Å². The third-order valence-electron chi connectivity index (χ3n) is 12.3. The average molecular weight is 577 g/mol. The Morgan fingerprint density at radius 2 is 1.81 bits per heavy atom. The summed E-state index contributed by atoms with van der Waals surface area (Å²) >= 11 is 0. The molecule has 6 nitrogen and oxygen atoms in total. The van der Waals surface area contributed by atoms with Crippen molar-refractivity contribution >= 4 is 17.8 Å². The predicted molar refractivity (Wildman–Crippen MR) is 167 cm³/mol. The van der Waals surface area contributed by atoms with Gasteiger partial charge < -0.3 is 14.3 Å². The Balaban J connectivity index is 1.08. The lowest BCUT2D eigenvalue weighted by molar-refractivity contribution is -0.187. The van der Waals surface area contributed by atoms with E-state index in [0.717, 1.165) is 58.5 Å². The van der Waals surface area contributed by atoms with Crippen LogP contribution < -0.4 is 0 Å². The van der Waals surface area contributed by atoms with Crippen LogP contribution in [0.1, 0.15) is 96.6 Å². The van der Waals surface area contributed by atoms with E-state index >= 15 is 0 Å². The van der Waals surface area contributed by atoms with Crippen molar-refractivity contribution in [3.05, 3.63) is 41.5 Å². The van der Waals surface area contributed by atoms with Crippen LogP contribution in [0.5, 0.6) is 0 Å². The second-order valence-electron chi connectivity index (χ2n) is 14.8. The number of morpholine rings is 1. The normalized spacial score (nSPS) is 39.2. The van der Waals surface area contributed by atoms with Crippen LogP contribution >= 0.6 is 0 Å². The van der Waals surface area contributed by atoms with Crippen molar-refractivity contribution in [1.29, 1.82) is 0 Å². The summed E-state index contributed by atoms with van der Waals surface area (Å²) < 4.78 is 11.1. The van der Waals surface area contributed by atoms with Crippen LogP contribution in [0.25, 0.3) is 6.08 Å².